The average molecular weight is 280 g/mol. The summed E-state index contributed by atoms with van der Waals surface area (Å²) in [5.41, 5.74) is 2.88. The van der Waals surface area contributed by atoms with Crippen molar-refractivity contribution >= 4 is 27.2 Å². The van der Waals surface area contributed by atoms with Gasteiger partial charge in [0, 0.05) is 26.6 Å². The van der Waals surface area contributed by atoms with Crippen molar-refractivity contribution in [2.75, 3.05) is 0 Å². The lowest BCUT2D eigenvalue weighted by molar-refractivity contribution is 0.104. The van der Waals surface area contributed by atoms with E-state index in [0.717, 1.165) is 29.4 Å². The van der Waals surface area contributed by atoms with Gasteiger partial charge >= 0.3 is 0 Å². The first-order valence-corrected chi connectivity index (χ1v) is 7.77. The fourth-order valence-corrected chi connectivity index (χ4v) is 3.36. The molecule has 0 spiro atoms. The van der Waals surface area contributed by atoms with Gasteiger partial charge in [0.2, 0.25) is 0 Å². The van der Waals surface area contributed by atoms with Gasteiger partial charge < -0.3 is 0 Å². The highest BCUT2D eigenvalue weighted by Gasteiger charge is 2.13. The van der Waals surface area contributed by atoms with Crippen LogP contribution in [0.3, 0.4) is 0 Å². The molecule has 0 aliphatic heterocycles. The van der Waals surface area contributed by atoms with E-state index in [4.69, 9.17) is 0 Å². The second-order valence-electron chi connectivity index (χ2n) is 4.92. The predicted molar refractivity (Wildman–Crippen MR) is 85.7 cm³/mol. The summed E-state index contributed by atoms with van der Waals surface area (Å²) in [4.78, 5) is 12.6. The Morgan fingerprint density at radius 3 is 2.55 bits per heavy atom. The average Bonchev–Trinajstić information content (AvgIpc) is 2.92. The summed E-state index contributed by atoms with van der Waals surface area (Å²) in [5.74, 6) is 0.116. The molecule has 0 aliphatic carbocycles. The molecule has 0 saturated heterocycles. The Hall–Kier alpha value is -1.93. The van der Waals surface area contributed by atoms with Crippen LogP contribution in [-0.2, 0) is 6.42 Å². The zero-order valence-electron chi connectivity index (χ0n) is 11.4. The molecule has 100 valence electrons. The summed E-state index contributed by atoms with van der Waals surface area (Å²) in [6.45, 7) is 2.16. The Bertz CT molecular complexity index is 737. The standard InChI is InChI=1S/C18H16OS/c1-2-5-13-8-10-14(11-9-13)18(19)16-12-20-17-7-4-3-6-15(16)17/h3-4,6-12H,2,5H2,1H3. The predicted octanol–water partition coefficient (Wildman–Crippen LogP) is 5.08. The molecular formula is C18H16OS. The van der Waals surface area contributed by atoms with Gasteiger partial charge in [-0.3, -0.25) is 4.79 Å². The lowest BCUT2D eigenvalue weighted by Crippen LogP contribution is -2.00. The molecule has 0 radical (unpaired) electrons. The van der Waals surface area contributed by atoms with Gasteiger partial charge in [0.1, 0.15) is 0 Å². The quantitative estimate of drug-likeness (QED) is 0.609. The molecule has 0 amide bonds. The van der Waals surface area contributed by atoms with Crippen LogP contribution in [0, 0.1) is 0 Å². The number of aryl methyl sites for hydroxylation is 1. The second-order valence-corrected chi connectivity index (χ2v) is 5.83. The lowest BCUT2D eigenvalue weighted by Gasteiger charge is -2.02. The third kappa shape index (κ3) is 2.39. The highest BCUT2D eigenvalue weighted by atomic mass is 32.1. The van der Waals surface area contributed by atoms with E-state index in [-0.39, 0.29) is 5.78 Å². The van der Waals surface area contributed by atoms with Crippen molar-refractivity contribution in [1.29, 1.82) is 0 Å². The van der Waals surface area contributed by atoms with Gasteiger partial charge in [-0.2, -0.15) is 0 Å². The number of carbonyl (C=O) groups excluding carboxylic acids is 1. The number of rotatable bonds is 4. The lowest BCUT2D eigenvalue weighted by atomic mass is 10.0. The van der Waals surface area contributed by atoms with Gasteiger partial charge in [-0.05, 0) is 18.1 Å². The maximum atomic E-state index is 12.6. The fraction of sp³-hybridized carbons (Fsp3) is 0.167. The summed E-state index contributed by atoms with van der Waals surface area (Å²) in [7, 11) is 0. The SMILES string of the molecule is CCCc1ccc(C(=O)c2csc3ccccc23)cc1. The smallest absolute Gasteiger partial charge is 0.194 e. The summed E-state index contributed by atoms with van der Waals surface area (Å²) in [6, 6.07) is 16.1. The van der Waals surface area contributed by atoms with Crippen molar-refractivity contribution in [2.45, 2.75) is 19.8 Å². The van der Waals surface area contributed by atoms with E-state index in [1.165, 1.54) is 10.3 Å². The molecule has 2 heteroatoms. The fourth-order valence-electron chi connectivity index (χ4n) is 2.42. The normalized spacial score (nSPS) is 10.8. The van der Waals surface area contributed by atoms with Crippen LogP contribution >= 0.6 is 11.3 Å². The minimum absolute atomic E-state index is 0.116. The number of hydrogen-bond donors (Lipinski definition) is 0. The molecule has 2 aromatic carbocycles. The van der Waals surface area contributed by atoms with E-state index < -0.39 is 0 Å². The Morgan fingerprint density at radius 2 is 1.80 bits per heavy atom. The molecule has 1 aromatic heterocycles. The van der Waals surface area contributed by atoms with E-state index >= 15 is 0 Å². The van der Waals surface area contributed by atoms with E-state index in [1.54, 1.807) is 11.3 Å². The first-order valence-electron chi connectivity index (χ1n) is 6.89. The Balaban J connectivity index is 1.95. The molecule has 0 saturated carbocycles. The minimum atomic E-state index is 0.116. The first-order chi connectivity index (χ1) is 9.79. The van der Waals surface area contributed by atoms with Gasteiger partial charge in [-0.1, -0.05) is 55.8 Å². The number of benzene rings is 2. The summed E-state index contributed by atoms with van der Waals surface area (Å²) in [6.07, 6.45) is 2.19. The minimum Gasteiger partial charge on any atom is -0.289 e. The molecule has 0 atom stereocenters. The Morgan fingerprint density at radius 1 is 1.05 bits per heavy atom. The van der Waals surface area contributed by atoms with Gasteiger partial charge in [0.05, 0.1) is 0 Å². The molecule has 3 aromatic rings. The van der Waals surface area contributed by atoms with Crippen LogP contribution < -0.4 is 0 Å². The molecule has 0 N–H and O–H groups in total. The third-order valence-electron chi connectivity index (χ3n) is 3.48. The summed E-state index contributed by atoms with van der Waals surface area (Å²) >= 11 is 1.63. The largest absolute Gasteiger partial charge is 0.289 e. The van der Waals surface area contributed by atoms with Crippen LogP contribution in [0.5, 0.6) is 0 Å². The molecule has 1 nitrogen and oxygen atoms in total. The first kappa shape index (κ1) is 13.1. The summed E-state index contributed by atoms with van der Waals surface area (Å²) in [5, 5.41) is 3.02. The van der Waals surface area contributed by atoms with E-state index in [9.17, 15) is 4.79 Å². The number of hydrogen-bond acceptors (Lipinski definition) is 2. The van der Waals surface area contributed by atoms with Crippen molar-refractivity contribution in [3.8, 4) is 0 Å². The van der Waals surface area contributed by atoms with Gasteiger partial charge in [-0.15, -0.1) is 11.3 Å². The van der Waals surface area contributed by atoms with Gasteiger partial charge in [0.15, 0.2) is 5.78 Å². The van der Waals surface area contributed by atoms with E-state index in [0.29, 0.717) is 0 Å². The molecule has 0 bridgehead atoms. The Labute approximate surface area is 122 Å². The number of thiophene rings is 1. The highest BCUT2D eigenvalue weighted by Crippen LogP contribution is 2.27. The molecule has 3 rings (SSSR count). The van der Waals surface area contributed by atoms with Crippen LogP contribution in [0.4, 0.5) is 0 Å². The van der Waals surface area contributed by atoms with Crippen molar-refractivity contribution in [3.05, 3.63) is 70.6 Å². The number of carbonyl (C=O) groups is 1. The Kier molecular flexibility index (Phi) is 3.66. The van der Waals surface area contributed by atoms with Crippen molar-refractivity contribution in [2.24, 2.45) is 0 Å². The maximum absolute atomic E-state index is 12.6. The van der Waals surface area contributed by atoms with Crippen LogP contribution in [0.1, 0.15) is 34.8 Å². The second kappa shape index (κ2) is 5.59. The van der Waals surface area contributed by atoms with E-state index in [2.05, 4.69) is 25.1 Å². The maximum Gasteiger partial charge on any atom is 0.194 e. The van der Waals surface area contributed by atoms with E-state index in [1.807, 2.05) is 35.7 Å². The zero-order valence-corrected chi connectivity index (χ0v) is 12.2. The molecule has 0 aliphatic rings. The number of fused-ring (bicyclic) bond motifs is 1. The number of ketones is 1. The van der Waals surface area contributed by atoms with Crippen molar-refractivity contribution < 1.29 is 4.79 Å². The topological polar surface area (TPSA) is 17.1 Å². The zero-order chi connectivity index (χ0) is 13.9. The van der Waals surface area contributed by atoms with Crippen LogP contribution in [0.15, 0.2) is 53.9 Å². The molecule has 0 fully saturated rings. The molecule has 1 heterocycles. The van der Waals surface area contributed by atoms with Crippen LogP contribution in [-0.4, -0.2) is 5.78 Å². The monoisotopic (exact) mass is 280 g/mol. The summed E-state index contributed by atoms with van der Waals surface area (Å²) < 4.78 is 1.17. The van der Waals surface area contributed by atoms with Gasteiger partial charge in [-0.25, -0.2) is 0 Å². The highest BCUT2D eigenvalue weighted by molar-refractivity contribution is 7.17. The molecular weight excluding hydrogens is 264 g/mol. The van der Waals surface area contributed by atoms with Gasteiger partial charge in [0.25, 0.3) is 0 Å². The van der Waals surface area contributed by atoms with Crippen molar-refractivity contribution in [1.82, 2.24) is 0 Å². The third-order valence-corrected chi connectivity index (χ3v) is 4.44. The van der Waals surface area contributed by atoms with Crippen molar-refractivity contribution in [3.63, 3.8) is 0 Å². The molecule has 20 heavy (non-hydrogen) atoms. The van der Waals surface area contributed by atoms with Crippen LogP contribution in [0.25, 0.3) is 10.1 Å². The molecule has 0 unspecified atom stereocenters. The van der Waals surface area contributed by atoms with Crippen LogP contribution in [0.2, 0.25) is 0 Å².